The minimum Gasteiger partial charge on any atom is -0.367 e. The summed E-state index contributed by atoms with van der Waals surface area (Å²) < 4.78 is 0. The molecule has 2 aromatic heterocycles. The van der Waals surface area contributed by atoms with Crippen LogP contribution in [0.1, 0.15) is 0 Å². The van der Waals surface area contributed by atoms with Crippen LogP contribution in [-0.4, -0.2) is 58.7 Å². The molecule has 0 aromatic carbocycles. The molecule has 1 N–H and O–H groups in total. The molecule has 2 rings (SSSR count). The molecule has 0 atom stereocenters. The van der Waals surface area contributed by atoms with Crippen LogP contribution in [0.25, 0.3) is 10.8 Å². The summed E-state index contributed by atoms with van der Waals surface area (Å²) in [7, 11) is 4.07. The van der Waals surface area contributed by atoms with Crippen LogP contribution in [0.5, 0.6) is 0 Å². The Morgan fingerprint density at radius 2 is 1.89 bits per heavy atom. The van der Waals surface area contributed by atoms with Gasteiger partial charge in [0, 0.05) is 18.5 Å². The predicted molar refractivity (Wildman–Crippen MR) is 74.0 cm³/mol. The summed E-state index contributed by atoms with van der Waals surface area (Å²) in [6.07, 6.45) is 5.43. The summed E-state index contributed by atoms with van der Waals surface area (Å²) in [6, 6.07) is 0. The monoisotopic (exact) mass is 264 g/mol. The molecule has 2 heterocycles. The van der Waals surface area contributed by atoms with Crippen LogP contribution in [0, 0.1) is 0 Å². The lowest BCUT2D eigenvalue weighted by atomic mass is 10.3. The molecule has 0 amide bonds. The molecular formula is C11H16N6S. The van der Waals surface area contributed by atoms with E-state index in [0.29, 0.717) is 0 Å². The number of hydrogen-bond donors (Lipinski definition) is 1. The van der Waals surface area contributed by atoms with Crippen molar-refractivity contribution in [2.45, 2.75) is 5.03 Å². The van der Waals surface area contributed by atoms with Crippen molar-refractivity contribution in [1.29, 1.82) is 0 Å². The van der Waals surface area contributed by atoms with Crippen molar-refractivity contribution in [2.24, 2.45) is 0 Å². The van der Waals surface area contributed by atoms with Gasteiger partial charge >= 0.3 is 0 Å². The van der Waals surface area contributed by atoms with Crippen LogP contribution >= 0.6 is 11.8 Å². The second-order valence-electron chi connectivity index (χ2n) is 4.10. The number of hydrogen-bond acceptors (Lipinski definition) is 7. The Hall–Kier alpha value is -1.47. The summed E-state index contributed by atoms with van der Waals surface area (Å²) >= 11 is 1.56. The smallest absolute Gasteiger partial charge is 0.158 e. The topological polar surface area (TPSA) is 66.8 Å². The minimum atomic E-state index is 0.763. The second kappa shape index (κ2) is 5.92. The molecule has 7 heteroatoms. The minimum absolute atomic E-state index is 0.763. The Bertz CT molecular complexity index is 530. The number of likely N-dealkylation sites (N-methyl/N-ethyl adjacent to an activating group) is 1. The van der Waals surface area contributed by atoms with E-state index in [1.807, 2.05) is 20.4 Å². The average Bonchev–Trinajstić information content (AvgIpc) is 2.38. The second-order valence-corrected chi connectivity index (χ2v) is 4.90. The van der Waals surface area contributed by atoms with E-state index in [-0.39, 0.29) is 0 Å². The maximum atomic E-state index is 4.21. The van der Waals surface area contributed by atoms with E-state index in [0.717, 1.165) is 34.7 Å². The number of nitrogens with one attached hydrogen (secondary N) is 1. The molecule has 2 aromatic rings. The normalized spacial score (nSPS) is 11.1. The van der Waals surface area contributed by atoms with E-state index in [2.05, 4.69) is 30.6 Å². The van der Waals surface area contributed by atoms with Gasteiger partial charge in [0.05, 0.1) is 17.8 Å². The molecule has 0 saturated carbocycles. The van der Waals surface area contributed by atoms with Crippen LogP contribution in [-0.2, 0) is 0 Å². The number of nitrogens with zero attached hydrogens (tertiary/aromatic N) is 5. The van der Waals surface area contributed by atoms with Gasteiger partial charge in [-0.15, -0.1) is 22.0 Å². The third-order valence-electron chi connectivity index (χ3n) is 2.50. The zero-order valence-corrected chi connectivity index (χ0v) is 11.5. The zero-order chi connectivity index (χ0) is 13.0. The van der Waals surface area contributed by atoms with Crippen molar-refractivity contribution >= 4 is 28.4 Å². The standard InChI is InChI=1S/C11H16N6S/c1-17(2)5-4-12-10-8-6-13-14-7-9(8)11(18-3)16-15-10/h6-7H,4-5H2,1-3H3,(H,12,15). The number of anilines is 1. The van der Waals surface area contributed by atoms with Gasteiger partial charge in [-0.3, -0.25) is 0 Å². The number of rotatable bonds is 5. The van der Waals surface area contributed by atoms with Gasteiger partial charge in [-0.2, -0.15) is 10.2 Å². The van der Waals surface area contributed by atoms with Crippen molar-refractivity contribution in [3.8, 4) is 0 Å². The molecule has 0 aliphatic heterocycles. The SMILES string of the molecule is CSc1nnc(NCCN(C)C)c2cnncc12. The first-order valence-electron chi connectivity index (χ1n) is 5.62. The van der Waals surface area contributed by atoms with Crippen molar-refractivity contribution in [2.75, 3.05) is 38.8 Å². The lowest BCUT2D eigenvalue weighted by Gasteiger charge is -2.12. The van der Waals surface area contributed by atoms with Gasteiger partial charge in [0.25, 0.3) is 0 Å². The first-order chi connectivity index (χ1) is 8.72. The predicted octanol–water partition coefficient (Wildman–Crippen LogP) is 1.12. The highest BCUT2D eigenvalue weighted by molar-refractivity contribution is 7.98. The summed E-state index contributed by atoms with van der Waals surface area (Å²) in [5.41, 5.74) is 0. The van der Waals surface area contributed by atoms with Gasteiger partial charge in [0.15, 0.2) is 5.82 Å². The average molecular weight is 264 g/mol. The van der Waals surface area contributed by atoms with Crippen LogP contribution in [0.3, 0.4) is 0 Å². The zero-order valence-electron chi connectivity index (χ0n) is 10.7. The first kappa shape index (κ1) is 13.0. The van der Waals surface area contributed by atoms with Crippen molar-refractivity contribution in [3.63, 3.8) is 0 Å². The molecule has 0 saturated heterocycles. The van der Waals surface area contributed by atoms with Crippen molar-refractivity contribution in [1.82, 2.24) is 25.3 Å². The number of fused-ring (bicyclic) bond motifs is 1. The van der Waals surface area contributed by atoms with E-state index in [4.69, 9.17) is 0 Å². The van der Waals surface area contributed by atoms with E-state index >= 15 is 0 Å². The van der Waals surface area contributed by atoms with Crippen LogP contribution in [0.2, 0.25) is 0 Å². The fourth-order valence-corrected chi connectivity index (χ4v) is 2.07. The highest BCUT2D eigenvalue weighted by atomic mass is 32.2. The molecule has 0 radical (unpaired) electrons. The third kappa shape index (κ3) is 2.85. The Kier molecular flexibility index (Phi) is 4.27. The Balaban J connectivity index is 2.28. The van der Waals surface area contributed by atoms with Crippen LogP contribution in [0.15, 0.2) is 17.4 Å². The van der Waals surface area contributed by atoms with Gasteiger partial charge in [-0.25, -0.2) is 0 Å². The van der Waals surface area contributed by atoms with Crippen LogP contribution < -0.4 is 5.32 Å². The Morgan fingerprint density at radius 1 is 1.17 bits per heavy atom. The summed E-state index contributed by atoms with van der Waals surface area (Å²) in [6.45, 7) is 1.75. The first-order valence-corrected chi connectivity index (χ1v) is 6.84. The third-order valence-corrected chi connectivity index (χ3v) is 3.19. The maximum Gasteiger partial charge on any atom is 0.158 e. The number of aromatic nitrogens is 4. The Labute approximate surface area is 110 Å². The van der Waals surface area contributed by atoms with Crippen LogP contribution in [0.4, 0.5) is 5.82 Å². The molecule has 0 unspecified atom stereocenters. The fraction of sp³-hybridized carbons (Fsp3) is 0.455. The van der Waals surface area contributed by atoms with Gasteiger partial charge in [-0.1, -0.05) is 0 Å². The fourth-order valence-electron chi connectivity index (χ4n) is 1.56. The van der Waals surface area contributed by atoms with E-state index in [1.165, 1.54) is 0 Å². The maximum absolute atomic E-state index is 4.21. The summed E-state index contributed by atoms with van der Waals surface area (Å²) in [4.78, 5) is 2.11. The number of thioether (sulfide) groups is 1. The summed E-state index contributed by atoms with van der Waals surface area (Å²) in [5, 5.41) is 22.3. The van der Waals surface area contributed by atoms with Gasteiger partial charge in [0.1, 0.15) is 5.03 Å². The van der Waals surface area contributed by atoms with E-state index < -0.39 is 0 Å². The van der Waals surface area contributed by atoms with Crippen molar-refractivity contribution < 1.29 is 0 Å². The highest BCUT2D eigenvalue weighted by Gasteiger charge is 2.08. The molecule has 0 spiro atoms. The highest BCUT2D eigenvalue weighted by Crippen LogP contribution is 2.26. The summed E-state index contributed by atoms with van der Waals surface area (Å²) in [5.74, 6) is 0.763. The molecule has 0 aliphatic rings. The van der Waals surface area contributed by atoms with E-state index in [1.54, 1.807) is 24.2 Å². The lowest BCUT2D eigenvalue weighted by molar-refractivity contribution is 0.425. The molecule has 0 aliphatic carbocycles. The molecule has 96 valence electrons. The quantitative estimate of drug-likeness (QED) is 0.811. The lowest BCUT2D eigenvalue weighted by Crippen LogP contribution is -2.21. The molecule has 6 nitrogen and oxygen atoms in total. The van der Waals surface area contributed by atoms with Gasteiger partial charge in [-0.05, 0) is 20.4 Å². The van der Waals surface area contributed by atoms with Crippen molar-refractivity contribution in [3.05, 3.63) is 12.4 Å². The largest absolute Gasteiger partial charge is 0.367 e. The Morgan fingerprint density at radius 3 is 2.56 bits per heavy atom. The molecular weight excluding hydrogens is 248 g/mol. The molecule has 0 fully saturated rings. The van der Waals surface area contributed by atoms with E-state index in [9.17, 15) is 0 Å². The molecule has 18 heavy (non-hydrogen) atoms. The molecule has 0 bridgehead atoms. The van der Waals surface area contributed by atoms with Gasteiger partial charge < -0.3 is 10.2 Å². The van der Waals surface area contributed by atoms with Gasteiger partial charge in [0.2, 0.25) is 0 Å².